The van der Waals surface area contributed by atoms with Crippen molar-refractivity contribution in [2.75, 3.05) is 40.0 Å². The molecule has 0 aromatic rings. The van der Waals surface area contributed by atoms with Crippen LogP contribution in [0, 0.1) is 0 Å². The summed E-state index contributed by atoms with van der Waals surface area (Å²) in [6, 6.07) is 0.152. The highest BCUT2D eigenvalue weighted by Gasteiger charge is 2.23. The number of hydrogen-bond donors (Lipinski definition) is 1. The van der Waals surface area contributed by atoms with Crippen molar-refractivity contribution in [3.63, 3.8) is 0 Å². The van der Waals surface area contributed by atoms with E-state index < -0.39 is 0 Å². The number of hydrogen-bond acceptors (Lipinski definition) is 4. The van der Waals surface area contributed by atoms with Crippen molar-refractivity contribution in [3.8, 4) is 0 Å². The molecule has 6 heteroatoms. The fraction of sp³-hybridized carbons (Fsp3) is 0.857. The summed E-state index contributed by atoms with van der Waals surface area (Å²) in [5, 5.41) is 2.94. The molecule has 1 fully saturated rings. The first-order valence-corrected chi connectivity index (χ1v) is 7.31. The second kappa shape index (κ2) is 9.72. The van der Waals surface area contributed by atoms with E-state index >= 15 is 0 Å². The van der Waals surface area contributed by atoms with Gasteiger partial charge in [-0.15, -0.1) is 0 Å². The van der Waals surface area contributed by atoms with Crippen LogP contribution in [0.3, 0.4) is 0 Å². The number of carbonyl (C=O) groups excluding carboxylic acids is 2. The van der Waals surface area contributed by atoms with Crippen LogP contribution in [0.1, 0.15) is 32.6 Å². The molecular formula is C14H26N2O4. The molecule has 0 spiro atoms. The molecule has 1 aliphatic rings. The van der Waals surface area contributed by atoms with Gasteiger partial charge in [-0.05, 0) is 19.3 Å². The number of rotatable bonds is 8. The van der Waals surface area contributed by atoms with Crippen molar-refractivity contribution in [1.82, 2.24) is 10.2 Å². The third-order valence-corrected chi connectivity index (χ3v) is 3.34. The van der Waals surface area contributed by atoms with E-state index in [1.54, 1.807) is 7.11 Å². The number of nitrogens with zero attached hydrogens (tertiary/aromatic N) is 1. The summed E-state index contributed by atoms with van der Waals surface area (Å²) in [7, 11) is 1.59. The third-order valence-electron chi connectivity index (χ3n) is 3.34. The number of likely N-dealkylation sites (tertiary alicyclic amines) is 1. The van der Waals surface area contributed by atoms with Gasteiger partial charge in [-0.3, -0.25) is 9.59 Å². The maximum absolute atomic E-state index is 11.7. The summed E-state index contributed by atoms with van der Waals surface area (Å²) >= 11 is 0. The first-order valence-electron chi connectivity index (χ1n) is 7.31. The summed E-state index contributed by atoms with van der Waals surface area (Å²) in [6.45, 7) is 4.45. The Morgan fingerprint density at radius 1 is 1.25 bits per heavy atom. The van der Waals surface area contributed by atoms with Gasteiger partial charge in [-0.2, -0.15) is 0 Å². The molecular weight excluding hydrogens is 260 g/mol. The zero-order valence-electron chi connectivity index (χ0n) is 12.5. The van der Waals surface area contributed by atoms with E-state index in [1.165, 1.54) is 0 Å². The van der Waals surface area contributed by atoms with E-state index in [1.807, 2.05) is 11.8 Å². The first-order chi connectivity index (χ1) is 9.67. The second-order valence-electron chi connectivity index (χ2n) is 5.02. The number of piperidine rings is 1. The molecule has 1 N–H and O–H groups in total. The van der Waals surface area contributed by atoms with Crippen LogP contribution in [-0.2, 0) is 19.1 Å². The molecule has 20 heavy (non-hydrogen) atoms. The predicted octanol–water partition coefficient (Wildman–Crippen LogP) is 0.557. The van der Waals surface area contributed by atoms with Gasteiger partial charge in [0.15, 0.2) is 0 Å². The highest BCUT2D eigenvalue weighted by Crippen LogP contribution is 2.12. The van der Waals surface area contributed by atoms with Gasteiger partial charge in [0.1, 0.15) is 6.61 Å². The van der Waals surface area contributed by atoms with Gasteiger partial charge in [0.2, 0.25) is 11.8 Å². The van der Waals surface area contributed by atoms with Crippen LogP contribution in [0.25, 0.3) is 0 Å². The Kier molecular flexibility index (Phi) is 8.22. The van der Waals surface area contributed by atoms with Crippen LogP contribution in [0.5, 0.6) is 0 Å². The van der Waals surface area contributed by atoms with E-state index in [0.717, 1.165) is 32.4 Å². The highest BCUT2D eigenvalue weighted by atomic mass is 16.5. The molecule has 0 saturated carbocycles. The van der Waals surface area contributed by atoms with Crippen LogP contribution in [0.15, 0.2) is 0 Å². The topological polar surface area (TPSA) is 67.9 Å². The molecule has 2 amide bonds. The lowest BCUT2D eigenvalue weighted by atomic mass is 10.0. The minimum absolute atomic E-state index is 0.0678. The predicted molar refractivity (Wildman–Crippen MR) is 75.3 cm³/mol. The highest BCUT2D eigenvalue weighted by molar-refractivity contribution is 5.78. The number of amides is 2. The molecule has 1 rings (SSSR count). The van der Waals surface area contributed by atoms with Crippen LogP contribution in [-0.4, -0.2) is 62.8 Å². The zero-order chi connectivity index (χ0) is 14.8. The molecule has 1 saturated heterocycles. The molecule has 1 heterocycles. The van der Waals surface area contributed by atoms with E-state index in [4.69, 9.17) is 9.47 Å². The number of ether oxygens (including phenoxy) is 2. The third kappa shape index (κ3) is 6.34. The van der Waals surface area contributed by atoms with Crippen molar-refractivity contribution in [2.45, 2.75) is 38.6 Å². The van der Waals surface area contributed by atoms with Crippen LogP contribution in [0.2, 0.25) is 0 Å². The Morgan fingerprint density at radius 2 is 1.95 bits per heavy atom. The first kappa shape index (κ1) is 16.9. The van der Waals surface area contributed by atoms with Crippen molar-refractivity contribution in [1.29, 1.82) is 0 Å². The summed E-state index contributed by atoms with van der Waals surface area (Å²) < 4.78 is 10.0. The maximum Gasteiger partial charge on any atom is 0.246 e. The van der Waals surface area contributed by atoms with Gasteiger partial charge in [-0.25, -0.2) is 0 Å². The van der Waals surface area contributed by atoms with Crippen molar-refractivity contribution in [2.24, 2.45) is 0 Å². The molecule has 116 valence electrons. The average molecular weight is 286 g/mol. The van der Waals surface area contributed by atoms with Crippen LogP contribution < -0.4 is 5.32 Å². The largest absolute Gasteiger partial charge is 0.382 e. The fourth-order valence-electron chi connectivity index (χ4n) is 2.22. The normalized spacial score (nSPS) is 16.2. The Bertz CT molecular complexity index is 302. The minimum atomic E-state index is -0.0977. The lowest BCUT2D eigenvalue weighted by Gasteiger charge is -2.32. The number of carbonyl (C=O) groups is 2. The molecule has 0 aliphatic carbocycles. The lowest BCUT2D eigenvalue weighted by molar-refractivity contribution is -0.132. The number of nitrogens with one attached hydrogen (secondary N) is 1. The van der Waals surface area contributed by atoms with E-state index in [2.05, 4.69) is 5.32 Å². The molecule has 0 unspecified atom stereocenters. The van der Waals surface area contributed by atoms with E-state index in [9.17, 15) is 9.59 Å². The van der Waals surface area contributed by atoms with Gasteiger partial charge >= 0.3 is 0 Å². The summed E-state index contributed by atoms with van der Waals surface area (Å²) in [5.74, 6) is 0.125. The number of methoxy groups -OCH3 is 1. The van der Waals surface area contributed by atoms with E-state index in [0.29, 0.717) is 19.6 Å². The Morgan fingerprint density at radius 3 is 2.55 bits per heavy atom. The maximum atomic E-state index is 11.7. The monoisotopic (exact) mass is 286 g/mol. The average Bonchev–Trinajstić information content (AvgIpc) is 2.45. The second-order valence-corrected chi connectivity index (χ2v) is 5.02. The minimum Gasteiger partial charge on any atom is -0.382 e. The Balaban J connectivity index is 2.15. The summed E-state index contributed by atoms with van der Waals surface area (Å²) in [6.07, 6.45) is 3.14. The molecule has 1 aliphatic heterocycles. The summed E-state index contributed by atoms with van der Waals surface area (Å²) in [4.78, 5) is 25.3. The molecule has 0 radical (unpaired) electrons. The van der Waals surface area contributed by atoms with Crippen molar-refractivity contribution in [3.05, 3.63) is 0 Å². The SMILES string of the molecule is CCCC(=O)N1CCC(NC(=O)COCCOC)CC1. The van der Waals surface area contributed by atoms with Crippen molar-refractivity contribution >= 4 is 11.8 Å². The smallest absolute Gasteiger partial charge is 0.246 e. The van der Waals surface area contributed by atoms with E-state index in [-0.39, 0.29) is 24.5 Å². The van der Waals surface area contributed by atoms with Gasteiger partial charge in [0, 0.05) is 32.7 Å². The standard InChI is InChI=1S/C14H26N2O4/c1-3-4-14(18)16-7-5-12(6-8-16)15-13(17)11-20-10-9-19-2/h12H,3-11H2,1-2H3,(H,15,17). The molecule has 0 bridgehead atoms. The molecule has 0 atom stereocenters. The fourth-order valence-corrected chi connectivity index (χ4v) is 2.22. The molecule has 0 aromatic carbocycles. The Hall–Kier alpha value is -1.14. The van der Waals surface area contributed by atoms with Gasteiger partial charge in [0.25, 0.3) is 0 Å². The Labute approximate surface area is 120 Å². The molecule has 0 aromatic heterocycles. The summed E-state index contributed by atoms with van der Waals surface area (Å²) in [5.41, 5.74) is 0. The lowest BCUT2D eigenvalue weighted by Crippen LogP contribution is -2.47. The van der Waals surface area contributed by atoms with Gasteiger partial charge < -0.3 is 19.7 Å². The quantitative estimate of drug-likeness (QED) is 0.662. The van der Waals surface area contributed by atoms with Gasteiger partial charge in [0.05, 0.1) is 13.2 Å². The van der Waals surface area contributed by atoms with Crippen LogP contribution in [0.4, 0.5) is 0 Å². The van der Waals surface area contributed by atoms with Crippen molar-refractivity contribution < 1.29 is 19.1 Å². The molecule has 6 nitrogen and oxygen atoms in total. The van der Waals surface area contributed by atoms with Crippen LogP contribution >= 0.6 is 0 Å². The van der Waals surface area contributed by atoms with Gasteiger partial charge in [-0.1, -0.05) is 6.92 Å². The zero-order valence-corrected chi connectivity index (χ0v) is 12.5.